The van der Waals surface area contributed by atoms with Crippen molar-refractivity contribution in [3.63, 3.8) is 0 Å². The van der Waals surface area contributed by atoms with E-state index >= 15 is 0 Å². The zero-order chi connectivity index (χ0) is 13.8. The van der Waals surface area contributed by atoms with E-state index in [2.05, 4.69) is 60.2 Å². The summed E-state index contributed by atoms with van der Waals surface area (Å²) >= 11 is 0. The van der Waals surface area contributed by atoms with Crippen LogP contribution in [0.2, 0.25) is 0 Å². The molecular formula is C19H23N. The molecule has 1 aliphatic heterocycles. The molecule has 0 bridgehead atoms. The molecule has 0 N–H and O–H groups in total. The number of rotatable bonds is 1. The van der Waals surface area contributed by atoms with Gasteiger partial charge >= 0.3 is 0 Å². The highest BCUT2D eigenvalue weighted by Gasteiger charge is 2.38. The molecule has 20 heavy (non-hydrogen) atoms. The van der Waals surface area contributed by atoms with Crippen LogP contribution in [0.25, 0.3) is 0 Å². The predicted octanol–water partition coefficient (Wildman–Crippen LogP) is 4.11. The molecule has 3 rings (SSSR count). The third-order valence-corrected chi connectivity index (χ3v) is 4.66. The second-order valence-corrected chi connectivity index (χ2v) is 5.98. The summed E-state index contributed by atoms with van der Waals surface area (Å²) in [6, 6.07) is 10.8. The molecule has 2 aliphatic rings. The predicted molar refractivity (Wildman–Crippen MR) is 84.3 cm³/mol. The number of benzene rings is 1. The quantitative estimate of drug-likeness (QED) is 0.691. The van der Waals surface area contributed by atoms with Gasteiger partial charge in [0.2, 0.25) is 0 Å². The van der Waals surface area contributed by atoms with Crippen LogP contribution < -0.4 is 0 Å². The lowest BCUT2D eigenvalue weighted by molar-refractivity contribution is 0.243. The Kier molecular flexibility index (Phi) is 3.94. The number of nitrogens with zero attached hydrogens (tertiary/aromatic N) is 1. The van der Waals surface area contributed by atoms with Crippen LogP contribution in [0, 0.1) is 11.8 Å². The summed E-state index contributed by atoms with van der Waals surface area (Å²) in [5.74, 6) is 7.14. The Morgan fingerprint density at radius 1 is 1.10 bits per heavy atom. The summed E-state index contributed by atoms with van der Waals surface area (Å²) in [6.45, 7) is 1.14. The van der Waals surface area contributed by atoms with Gasteiger partial charge in [0, 0.05) is 0 Å². The first-order valence-corrected chi connectivity index (χ1v) is 7.80. The average Bonchev–Trinajstić information content (AvgIpc) is 2.89. The van der Waals surface area contributed by atoms with E-state index in [0.29, 0.717) is 0 Å². The smallest absolute Gasteiger partial charge is 0.108 e. The van der Waals surface area contributed by atoms with Crippen LogP contribution in [-0.4, -0.2) is 18.5 Å². The maximum Gasteiger partial charge on any atom is 0.108 e. The third kappa shape index (κ3) is 2.53. The van der Waals surface area contributed by atoms with Gasteiger partial charge < -0.3 is 0 Å². The molecular weight excluding hydrogens is 242 g/mol. The molecule has 1 nitrogen and oxygen atoms in total. The fraction of sp³-hybridized carbons (Fsp3) is 0.474. The Balaban J connectivity index is 1.95. The highest BCUT2D eigenvalue weighted by Crippen LogP contribution is 2.37. The maximum absolute atomic E-state index is 3.64. The largest absolute Gasteiger partial charge is 0.287 e. The van der Waals surface area contributed by atoms with Crippen molar-refractivity contribution < 1.29 is 0 Å². The summed E-state index contributed by atoms with van der Waals surface area (Å²) in [4.78, 5) is 2.43. The SMILES string of the molecule is CN1CCCC1(C#CC1=CCCCC1)c1ccccc1. The third-order valence-electron chi connectivity index (χ3n) is 4.66. The summed E-state index contributed by atoms with van der Waals surface area (Å²) in [5.41, 5.74) is 2.63. The summed E-state index contributed by atoms with van der Waals surface area (Å²) in [5, 5.41) is 0. The Morgan fingerprint density at radius 3 is 2.60 bits per heavy atom. The summed E-state index contributed by atoms with van der Waals surface area (Å²) in [7, 11) is 2.21. The zero-order valence-electron chi connectivity index (χ0n) is 12.4. The number of hydrogen-bond donors (Lipinski definition) is 0. The van der Waals surface area contributed by atoms with Crippen LogP contribution in [-0.2, 0) is 5.54 Å². The van der Waals surface area contributed by atoms with Gasteiger partial charge in [-0.1, -0.05) is 48.2 Å². The van der Waals surface area contributed by atoms with Crippen LogP contribution >= 0.6 is 0 Å². The van der Waals surface area contributed by atoms with Gasteiger partial charge in [-0.2, -0.15) is 0 Å². The van der Waals surface area contributed by atoms with Gasteiger partial charge in [-0.05, 0) is 63.3 Å². The summed E-state index contributed by atoms with van der Waals surface area (Å²) in [6.07, 6.45) is 9.72. The van der Waals surface area contributed by atoms with Crippen molar-refractivity contribution in [2.75, 3.05) is 13.6 Å². The second-order valence-electron chi connectivity index (χ2n) is 5.98. The van der Waals surface area contributed by atoms with E-state index in [9.17, 15) is 0 Å². The number of allylic oxidation sites excluding steroid dienone is 2. The topological polar surface area (TPSA) is 3.24 Å². The molecule has 0 radical (unpaired) electrons. The van der Waals surface area contributed by atoms with E-state index in [0.717, 1.165) is 13.0 Å². The minimum absolute atomic E-state index is 0.0699. The van der Waals surface area contributed by atoms with Gasteiger partial charge in [0.25, 0.3) is 0 Å². The second kappa shape index (κ2) is 5.85. The first-order valence-electron chi connectivity index (χ1n) is 7.80. The Morgan fingerprint density at radius 2 is 1.95 bits per heavy atom. The Bertz CT molecular complexity index is 546. The number of hydrogen-bond acceptors (Lipinski definition) is 1. The average molecular weight is 265 g/mol. The fourth-order valence-corrected chi connectivity index (χ4v) is 3.40. The lowest BCUT2D eigenvalue weighted by atomic mass is 9.87. The van der Waals surface area contributed by atoms with Crippen LogP contribution in [0.15, 0.2) is 42.0 Å². The molecule has 1 atom stereocenters. The van der Waals surface area contributed by atoms with E-state index in [1.54, 1.807) is 0 Å². The molecule has 0 amide bonds. The lowest BCUT2D eigenvalue weighted by Gasteiger charge is -2.31. The normalized spacial score (nSPS) is 26.8. The van der Waals surface area contributed by atoms with Crippen molar-refractivity contribution in [1.29, 1.82) is 0 Å². The van der Waals surface area contributed by atoms with E-state index in [1.165, 1.54) is 43.2 Å². The van der Waals surface area contributed by atoms with Crippen LogP contribution in [0.5, 0.6) is 0 Å². The summed E-state index contributed by atoms with van der Waals surface area (Å²) < 4.78 is 0. The molecule has 1 heteroatoms. The van der Waals surface area contributed by atoms with Crippen molar-refractivity contribution in [2.24, 2.45) is 0 Å². The highest BCUT2D eigenvalue weighted by atomic mass is 15.2. The van der Waals surface area contributed by atoms with Gasteiger partial charge in [0.05, 0.1) is 0 Å². The number of likely N-dealkylation sites (tertiary alicyclic amines) is 1. The molecule has 0 saturated carbocycles. The van der Waals surface area contributed by atoms with Crippen molar-refractivity contribution in [3.05, 3.63) is 47.5 Å². The minimum Gasteiger partial charge on any atom is -0.287 e. The van der Waals surface area contributed by atoms with Crippen molar-refractivity contribution in [3.8, 4) is 11.8 Å². The molecule has 1 fully saturated rings. The fourth-order valence-electron chi connectivity index (χ4n) is 3.40. The molecule has 1 unspecified atom stereocenters. The molecule has 0 spiro atoms. The highest BCUT2D eigenvalue weighted by molar-refractivity contribution is 5.40. The molecule has 104 valence electrons. The van der Waals surface area contributed by atoms with E-state index in [4.69, 9.17) is 0 Å². The minimum atomic E-state index is -0.0699. The molecule has 0 aromatic heterocycles. The molecule has 1 heterocycles. The van der Waals surface area contributed by atoms with Crippen LogP contribution in [0.4, 0.5) is 0 Å². The monoisotopic (exact) mass is 265 g/mol. The van der Waals surface area contributed by atoms with E-state index in [-0.39, 0.29) is 5.54 Å². The molecule has 1 aromatic carbocycles. The van der Waals surface area contributed by atoms with Crippen LogP contribution in [0.1, 0.15) is 44.1 Å². The van der Waals surface area contributed by atoms with Gasteiger partial charge in [0.15, 0.2) is 0 Å². The Hall–Kier alpha value is -1.52. The first kappa shape index (κ1) is 13.5. The molecule has 1 aliphatic carbocycles. The molecule has 1 aromatic rings. The van der Waals surface area contributed by atoms with Crippen molar-refractivity contribution in [1.82, 2.24) is 4.90 Å². The van der Waals surface area contributed by atoms with E-state index in [1.807, 2.05) is 0 Å². The van der Waals surface area contributed by atoms with Gasteiger partial charge in [-0.15, -0.1) is 0 Å². The van der Waals surface area contributed by atoms with Crippen molar-refractivity contribution >= 4 is 0 Å². The maximum atomic E-state index is 3.64. The zero-order valence-corrected chi connectivity index (χ0v) is 12.4. The van der Waals surface area contributed by atoms with E-state index < -0.39 is 0 Å². The van der Waals surface area contributed by atoms with Gasteiger partial charge in [-0.25, -0.2) is 0 Å². The Labute approximate surface area is 122 Å². The van der Waals surface area contributed by atoms with Gasteiger partial charge in [0.1, 0.15) is 5.54 Å². The van der Waals surface area contributed by atoms with Crippen LogP contribution in [0.3, 0.4) is 0 Å². The lowest BCUT2D eigenvalue weighted by Crippen LogP contribution is -2.37. The first-order chi connectivity index (χ1) is 9.81. The molecule has 1 saturated heterocycles. The van der Waals surface area contributed by atoms with Gasteiger partial charge in [-0.3, -0.25) is 4.90 Å². The van der Waals surface area contributed by atoms with Crippen molar-refractivity contribution in [2.45, 2.75) is 44.1 Å². The standard InChI is InChI=1S/C19H23N/c1-20-16-8-14-19(20,18-11-6-3-7-12-18)15-13-17-9-4-2-5-10-17/h3,6-7,9,11-12H,2,4-5,8,10,14,16H2,1H3.